The number of rotatable bonds is 3. The molecule has 6 heteroatoms. The minimum Gasteiger partial charge on any atom is -0.313 e. The SMILES string of the molecule is Cc1ccc(C(=O)ON=Cc2c(C)nn(C)c2Cl)cc1. The Bertz CT molecular complexity index is 660. The van der Waals surface area contributed by atoms with Gasteiger partial charge in [-0.05, 0) is 26.0 Å². The Kier molecular flexibility index (Phi) is 4.20. The highest BCUT2D eigenvalue weighted by Crippen LogP contribution is 2.16. The minimum atomic E-state index is -0.515. The lowest BCUT2D eigenvalue weighted by Gasteiger charge is -1.98. The number of aromatic nitrogens is 2. The van der Waals surface area contributed by atoms with Gasteiger partial charge in [-0.2, -0.15) is 5.10 Å². The van der Waals surface area contributed by atoms with Gasteiger partial charge in [0.05, 0.1) is 23.0 Å². The molecule has 5 nitrogen and oxygen atoms in total. The van der Waals surface area contributed by atoms with E-state index in [1.54, 1.807) is 26.1 Å². The number of nitrogens with zero attached hydrogens (tertiary/aromatic N) is 3. The molecule has 1 aromatic carbocycles. The van der Waals surface area contributed by atoms with Crippen LogP contribution in [0.25, 0.3) is 0 Å². The van der Waals surface area contributed by atoms with E-state index >= 15 is 0 Å². The van der Waals surface area contributed by atoms with Crippen molar-refractivity contribution in [3.8, 4) is 0 Å². The lowest BCUT2D eigenvalue weighted by molar-refractivity contribution is 0.0519. The molecular weight excluding hydrogens is 278 g/mol. The van der Waals surface area contributed by atoms with Gasteiger partial charge in [0.25, 0.3) is 0 Å². The van der Waals surface area contributed by atoms with E-state index in [0.717, 1.165) is 5.56 Å². The maximum atomic E-state index is 11.7. The van der Waals surface area contributed by atoms with Crippen LogP contribution in [-0.4, -0.2) is 22.0 Å². The summed E-state index contributed by atoms with van der Waals surface area (Å²) < 4.78 is 1.53. The van der Waals surface area contributed by atoms with Gasteiger partial charge in [0, 0.05) is 7.05 Å². The summed E-state index contributed by atoms with van der Waals surface area (Å²) in [5.74, 6) is -0.515. The van der Waals surface area contributed by atoms with Gasteiger partial charge in [-0.1, -0.05) is 34.5 Å². The number of hydrogen-bond acceptors (Lipinski definition) is 4. The standard InChI is InChI=1S/C14H14ClN3O2/c1-9-4-6-11(7-5-9)14(19)20-16-8-12-10(2)17-18(3)13(12)15/h4-8H,1-3H3. The maximum absolute atomic E-state index is 11.7. The molecule has 0 amide bonds. The summed E-state index contributed by atoms with van der Waals surface area (Å²) in [6.45, 7) is 3.75. The van der Waals surface area contributed by atoms with E-state index in [9.17, 15) is 4.79 Å². The molecule has 0 aliphatic carbocycles. The van der Waals surface area contributed by atoms with Crippen LogP contribution in [-0.2, 0) is 11.9 Å². The van der Waals surface area contributed by atoms with Crippen molar-refractivity contribution in [3.63, 3.8) is 0 Å². The number of carbonyl (C=O) groups excluding carboxylic acids is 1. The number of hydrogen-bond donors (Lipinski definition) is 0. The van der Waals surface area contributed by atoms with E-state index in [1.165, 1.54) is 10.9 Å². The van der Waals surface area contributed by atoms with Crippen LogP contribution in [0.3, 0.4) is 0 Å². The van der Waals surface area contributed by atoms with Crippen LogP contribution in [0.1, 0.15) is 27.2 Å². The molecule has 104 valence electrons. The molecule has 0 aliphatic heterocycles. The van der Waals surface area contributed by atoms with Crippen molar-refractivity contribution in [2.45, 2.75) is 13.8 Å². The van der Waals surface area contributed by atoms with Crippen molar-refractivity contribution >= 4 is 23.8 Å². The molecule has 0 N–H and O–H groups in total. The van der Waals surface area contributed by atoms with Gasteiger partial charge in [-0.25, -0.2) is 4.79 Å². The zero-order chi connectivity index (χ0) is 14.7. The molecule has 0 saturated heterocycles. The smallest absolute Gasteiger partial charge is 0.313 e. The summed E-state index contributed by atoms with van der Waals surface area (Å²) in [6, 6.07) is 7.05. The maximum Gasteiger partial charge on any atom is 0.365 e. The number of carbonyl (C=O) groups is 1. The number of oxime groups is 1. The minimum absolute atomic E-state index is 0.442. The summed E-state index contributed by atoms with van der Waals surface area (Å²) >= 11 is 6.03. The third-order valence-electron chi connectivity index (χ3n) is 2.80. The Hall–Kier alpha value is -2.14. The van der Waals surface area contributed by atoms with Crippen LogP contribution >= 0.6 is 11.6 Å². The van der Waals surface area contributed by atoms with Gasteiger partial charge in [0.15, 0.2) is 0 Å². The van der Waals surface area contributed by atoms with Gasteiger partial charge in [0.2, 0.25) is 0 Å². The molecule has 0 atom stereocenters. The molecule has 1 aromatic heterocycles. The second kappa shape index (κ2) is 5.88. The Morgan fingerprint density at radius 1 is 1.35 bits per heavy atom. The number of aryl methyl sites for hydroxylation is 3. The highest BCUT2D eigenvalue weighted by molar-refractivity contribution is 6.32. The first-order chi connectivity index (χ1) is 9.49. The third kappa shape index (κ3) is 3.05. The first kappa shape index (κ1) is 14.3. The van der Waals surface area contributed by atoms with Gasteiger partial charge >= 0.3 is 5.97 Å². The first-order valence-corrected chi connectivity index (χ1v) is 6.37. The Balaban J connectivity index is 2.06. The molecule has 0 unspecified atom stereocenters. The lowest BCUT2D eigenvalue weighted by Crippen LogP contribution is -2.01. The summed E-state index contributed by atoms with van der Waals surface area (Å²) in [5.41, 5.74) is 2.86. The van der Waals surface area contributed by atoms with Crippen LogP contribution < -0.4 is 0 Å². The highest BCUT2D eigenvalue weighted by Gasteiger charge is 2.10. The molecule has 0 spiro atoms. The predicted molar refractivity (Wildman–Crippen MR) is 77.1 cm³/mol. The summed E-state index contributed by atoms with van der Waals surface area (Å²) in [5, 5.41) is 8.23. The molecular formula is C14H14ClN3O2. The van der Waals surface area contributed by atoms with E-state index in [-0.39, 0.29) is 0 Å². The van der Waals surface area contributed by atoms with Gasteiger partial charge in [-0.15, -0.1) is 0 Å². The van der Waals surface area contributed by atoms with Crippen molar-refractivity contribution in [3.05, 3.63) is 51.8 Å². The second-order valence-electron chi connectivity index (χ2n) is 4.39. The first-order valence-electron chi connectivity index (χ1n) is 5.99. The molecule has 0 aliphatic rings. The molecule has 0 saturated carbocycles. The van der Waals surface area contributed by atoms with Crippen LogP contribution in [0.5, 0.6) is 0 Å². The fourth-order valence-corrected chi connectivity index (χ4v) is 1.89. The molecule has 20 heavy (non-hydrogen) atoms. The monoisotopic (exact) mass is 291 g/mol. The van der Waals surface area contributed by atoms with E-state index in [4.69, 9.17) is 16.4 Å². The van der Waals surface area contributed by atoms with E-state index in [2.05, 4.69) is 10.3 Å². The van der Waals surface area contributed by atoms with Crippen molar-refractivity contribution in [1.82, 2.24) is 9.78 Å². The molecule has 0 radical (unpaired) electrons. The zero-order valence-corrected chi connectivity index (χ0v) is 12.2. The Morgan fingerprint density at radius 3 is 2.55 bits per heavy atom. The van der Waals surface area contributed by atoms with Crippen LogP contribution in [0, 0.1) is 13.8 Å². The Morgan fingerprint density at radius 2 is 2.00 bits per heavy atom. The average molecular weight is 292 g/mol. The Labute approximate surface area is 121 Å². The zero-order valence-electron chi connectivity index (χ0n) is 11.4. The van der Waals surface area contributed by atoms with E-state index < -0.39 is 5.97 Å². The second-order valence-corrected chi connectivity index (χ2v) is 4.75. The molecule has 1 heterocycles. The molecule has 2 rings (SSSR count). The molecule has 0 bridgehead atoms. The number of benzene rings is 1. The van der Waals surface area contributed by atoms with Gasteiger partial charge in [-0.3, -0.25) is 4.68 Å². The summed E-state index contributed by atoms with van der Waals surface area (Å²) in [4.78, 5) is 16.6. The topological polar surface area (TPSA) is 56.5 Å². The fraction of sp³-hybridized carbons (Fsp3) is 0.214. The van der Waals surface area contributed by atoms with Gasteiger partial charge < -0.3 is 4.84 Å². The lowest BCUT2D eigenvalue weighted by atomic mass is 10.2. The quantitative estimate of drug-likeness (QED) is 0.496. The van der Waals surface area contributed by atoms with Crippen molar-refractivity contribution in [2.24, 2.45) is 12.2 Å². The van der Waals surface area contributed by atoms with Crippen LogP contribution in [0.15, 0.2) is 29.4 Å². The largest absolute Gasteiger partial charge is 0.365 e. The average Bonchev–Trinajstić information content (AvgIpc) is 2.65. The highest BCUT2D eigenvalue weighted by atomic mass is 35.5. The third-order valence-corrected chi connectivity index (χ3v) is 3.25. The van der Waals surface area contributed by atoms with Crippen LogP contribution in [0.4, 0.5) is 0 Å². The molecule has 0 fully saturated rings. The predicted octanol–water partition coefficient (Wildman–Crippen LogP) is 2.88. The van der Waals surface area contributed by atoms with Gasteiger partial charge in [0.1, 0.15) is 5.15 Å². The number of halogens is 1. The summed E-state index contributed by atoms with van der Waals surface area (Å²) in [7, 11) is 1.73. The van der Waals surface area contributed by atoms with E-state index in [1.807, 2.05) is 19.1 Å². The van der Waals surface area contributed by atoms with Crippen LogP contribution in [0.2, 0.25) is 5.15 Å². The van der Waals surface area contributed by atoms with Crippen molar-refractivity contribution < 1.29 is 9.63 Å². The normalized spacial score (nSPS) is 11.0. The van der Waals surface area contributed by atoms with Crippen molar-refractivity contribution in [1.29, 1.82) is 0 Å². The van der Waals surface area contributed by atoms with Crippen molar-refractivity contribution in [2.75, 3.05) is 0 Å². The molecule has 2 aromatic rings. The van der Waals surface area contributed by atoms with E-state index in [0.29, 0.717) is 22.0 Å². The fourth-order valence-electron chi connectivity index (χ4n) is 1.66. The summed E-state index contributed by atoms with van der Waals surface area (Å²) in [6.07, 6.45) is 1.39.